The summed E-state index contributed by atoms with van der Waals surface area (Å²) in [6.45, 7) is 0. The number of rotatable bonds is 2. The molecule has 0 radical (unpaired) electrons. The number of nitrogens with one attached hydrogen (secondary N) is 1. The summed E-state index contributed by atoms with van der Waals surface area (Å²) in [5.41, 5.74) is 1.13. The third-order valence-electron chi connectivity index (χ3n) is 2.05. The van der Waals surface area contributed by atoms with Crippen LogP contribution >= 0.6 is 0 Å². The van der Waals surface area contributed by atoms with Crippen molar-refractivity contribution in [2.45, 2.75) is 0 Å². The zero-order valence-corrected chi connectivity index (χ0v) is 8.42. The second-order valence-corrected chi connectivity index (χ2v) is 3.24. The molecule has 0 aliphatic heterocycles. The van der Waals surface area contributed by atoms with Crippen LogP contribution < -0.4 is 5.32 Å². The average molecular weight is 214 g/mol. The Kier molecular flexibility index (Phi) is 2.82. The van der Waals surface area contributed by atoms with Crippen LogP contribution in [0.2, 0.25) is 0 Å². The lowest BCUT2D eigenvalue weighted by Gasteiger charge is -2.04. The summed E-state index contributed by atoms with van der Waals surface area (Å²) < 4.78 is 0. The fourth-order valence-corrected chi connectivity index (χ4v) is 1.25. The molecule has 0 aliphatic carbocycles. The molecule has 16 heavy (non-hydrogen) atoms. The Morgan fingerprint density at radius 2 is 1.94 bits per heavy atom. The van der Waals surface area contributed by atoms with Crippen molar-refractivity contribution in [2.24, 2.45) is 0 Å². The number of aromatic hydroxyl groups is 1. The summed E-state index contributed by atoms with van der Waals surface area (Å²) in [5, 5.41) is 11.8. The number of hydrogen-bond acceptors (Lipinski definition) is 3. The van der Waals surface area contributed by atoms with Crippen molar-refractivity contribution >= 4 is 11.6 Å². The first kappa shape index (κ1) is 10.2. The maximum atomic E-state index is 11.7. The Labute approximate surface area is 92.6 Å². The summed E-state index contributed by atoms with van der Waals surface area (Å²) in [6.07, 6.45) is 3.20. The number of phenolic OH excluding ortho intramolecular Hbond substituents is 1. The summed E-state index contributed by atoms with van der Waals surface area (Å²) >= 11 is 0. The Morgan fingerprint density at radius 3 is 2.56 bits per heavy atom. The molecule has 0 fully saturated rings. The number of pyridine rings is 1. The first-order chi connectivity index (χ1) is 7.75. The number of anilines is 1. The van der Waals surface area contributed by atoms with Gasteiger partial charge in [0, 0.05) is 11.8 Å². The second kappa shape index (κ2) is 4.44. The van der Waals surface area contributed by atoms with E-state index in [4.69, 9.17) is 5.11 Å². The third kappa shape index (κ3) is 2.36. The van der Waals surface area contributed by atoms with Crippen LogP contribution in [0.5, 0.6) is 5.75 Å². The molecule has 80 valence electrons. The zero-order valence-electron chi connectivity index (χ0n) is 8.42. The van der Waals surface area contributed by atoms with Crippen LogP contribution in [0.1, 0.15) is 10.4 Å². The molecule has 0 bridgehead atoms. The van der Waals surface area contributed by atoms with Crippen molar-refractivity contribution in [3.63, 3.8) is 0 Å². The van der Waals surface area contributed by atoms with Gasteiger partial charge in [0.1, 0.15) is 5.75 Å². The summed E-state index contributed by atoms with van der Waals surface area (Å²) in [7, 11) is 0. The van der Waals surface area contributed by atoms with Gasteiger partial charge in [-0.15, -0.1) is 0 Å². The van der Waals surface area contributed by atoms with E-state index < -0.39 is 0 Å². The van der Waals surface area contributed by atoms with Crippen LogP contribution in [0.3, 0.4) is 0 Å². The van der Waals surface area contributed by atoms with Crippen LogP contribution in [-0.2, 0) is 0 Å². The normalized spacial score (nSPS) is 9.75. The first-order valence-corrected chi connectivity index (χ1v) is 4.76. The van der Waals surface area contributed by atoms with Gasteiger partial charge < -0.3 is 10.4 Å². The Hall–Kier alpha value is -2.36. The van der Waals surface area contributed by atoms with E-state index >= 15 is 0 Å². The van der Waals surface area contributed by atoms with Crippen LogP contribution in [0, 0.1) is 0 Å². The van der Waals surface area contributed by atoms with Crippen molar-refractivity contribution in [1.29, 1.82) is 0 Å². The SMILES string of the molecule is O=C(Nc1cccnc1)c1ccc(O)cc1. The predicted octanol–water partition coefficient (Wildman–Crippen LogP) is 2.04. The lowest BCUT2D eigenvalue weighted by molar-refractivity contribution is 0.102. The highest BCUT2D eigenvalue weighted by molar-refractivity contribution is 6.04. The topological polar surface area (TPSA) is 62.2 Å². The molecule has 1 amide bonds. The van der Waals surface area contributed by atoms with Crippen LogP contribution in [0.15, 0.2) is 48.8 Å². The lowest BCUT2D eigenvalue weighted by atomic mass is 10.2. The fraction of sp³-hybridized carbons (Fsp3) is 0. The maximum absolute atomic E-state index is 11.7. The van der Waals surface area contributed by atoms with Crippen LogP contribution in [0.4, 0.5) is 5.69 Å². The molecule has 2 rings (SSSR count). The molecular formula is C12H10N2O2. The van der Waals surface area contributed by atoms with Crippen LogP contribution in [0.25, 0.3) is 0 Å². The molecule has 0 saturated carbocycles. The van der Waals surface area contributed by atoms with E-state index in [0.29, 0.717) is 11.3 Å². The molecule has 0 unspecified atom stereocenters. The molecule has 0 saturated heterocycles. The number of nitrogens with zero attached hydrogens (tertiary/aromatic N) is 1. The molecule has 1 heterocycles. The third-order valence-corrected chi connectivity index (χ3v) is 2.05. The van der Waals surface area contributed by atoms with Crippen molar-refractivity contribution in [3.8, 4) is 5.75 Å². The number of carbonyl (C=O) groups is 1. The van der Waals surface area contributed by atoms with Crippen molar-refractivity contribution < 1.29 is 9.90 Å². The highest BCUT2D eigenvalue weighted by Gasteiger charge is 2.05. The number of benzene rings is 1. The largest absolute Gasteiger partial charge is 0.508 e. The summed E-state index contributed by atoms with van der Waals surface area (Å²) in [6, 6.07) is 9.55. The minimum Gasteiger partial charge on any atom is -0.508 e. The second-order valence-electron chi connectivity index (χ2n) is 3.24. The van der Waals surface area contributed by atoms with E-state index in [9.17, 15) is 4.79 Å². The molecular weight excluding hydrogens is 204 g/mol. The van der Waals surface area contributed by atoms with Gasteiger partial charge in [-0.25, -0.2) is 0 Å². The van der Waals surface area contributed by atoms with Gasteiger partial charge in [0.25, 0.3) is 5.91 Å². The van der Waals surface area contributed by atoms with Crippen LogP contribution in [-0.4, -0.2) is 16.0 Å². The Morgan fingerprint density at radius 1 is 1.19 bits per heavy atom. The van der Waals surface area contributed by atoms with Crippen molar-refractivity contribution in [2.75, 3.05) is 5.32 Å². The fourth-order valence-electron chi connectivity index (χ4n) is 1.25. The number of aromatic nitrogens is 1. The molecule has 4 heteroatoms. The standard InChI is InChI=1S/C12H10N2O2/c15-11-5-3-9(4-6-11)12(16)14-10-2-1-7-13-8-10/h1-8,15H,(H,14,16). The maximum Gasteiger partial charge on any atom is 0.255 e. The monoisotopic (exact) mass is 214 g/mol. The predicted molar refractivity (Wildman–Crippen MR) is 60.3 cm³/mol. The quantitative estimate of drug-likeness (QED) is 0.804. The Balaban J connectivity index is 2.12. The summed E-state index contributed by atoms with van der Waals surface area (Å²) in [4.78, 5) is 15.6. The van der Waals surface area contributed by atoms with Gasteiger partial charge in [0.15, 0.2) is 0 Å². The number of hydrogen-bond donors (Lipinski definition) is 2. The van der Waals surface area contributed by atoms with E-state index in [1.165, 1.54) is 12.1 Å². The molecule has 0 spiro atoms. The molecule has 1 aromatic carbocycles. The number of carbonyl (C=O) groups excluding carboxylic acids is 1. The first-order valence-electron chi connectivity index (χ1n) is 4.76. The molecule has 0 atom stereocenters. The highest BCUT2D eigenvalue weighted by Crippen LogP contribution is 2.11. The Bertz CT molecular complexity index is 480. The molecule has 2 N–H and O–H groups in total. The van der Waals surface area contributed by atoms with Gasteiger partial charge in [0.05, 0.1) is 11.9 Å². The molecule has 2 aromatic rings. The van der Waals surface area contributed by atoms with Gasteiger partial charge in [-0.05, 0) is 36.4 Å². The van der Waals surface area contributed by atoms with E-state index in [1.807, 2.05) is 0 Å². The van der Waals surface area contributed by atoms with E-state index in [2.05, 4.69) is 10.3 Å². The van der Waals surface area contributed by atoms with Gasteiger partial charge in [-0.3, -0.25) is 9.78 Å². The van der Waals surface area contributed by atoms with E-state index in [0.717, 1.165) is 0 Å². The van der Waals surface area contributed by atoms with Gasteiger partial charge in [-0.1, -0.05) is 0 Å². The molecule has 1 aromatic heterocycles. The number of phenols is 1. The lowest BCUT2D eigenvalue weighted by Crippen LogP contribution is -2.11. The number of amides is 1. The minimum absolute atomic E-state index is 0.137. The minimum atomic E-state index is -0.229. The van der Waals surface area contributed by atoms with Crippen molar-refractivity contribution in [1.82, 2.24) is 4.98 Å². The van der Waals surface area contributed by atoms with Crippen molar-refractivity contribution in [3.05, 3.63) is 54.4 Å². The summed E-state index contributed by atoms with van der Waals surface area (Å²) in [5.74, 6) is -0.0917. The van der Waals surface area contributed by atoms with E-state index in [-0.39, 0.29) is 11.7 Å². The zero-order chi connectivity index (χ0) is 11.4. The van der Waals surface area contributed by atoms with E-state index in [1.54, 1.807) is 36.7 Å². The smallest absolute Gasteiger partial charge is 0.255 e. The average Bonchev–Trinajstić information content (AvgIpc) is 2.31. The van der Waals surface area contributed by atoms with Gasteiger partial charge >= 0.3 is 0 Å². The highest BCUT2D eigenvalue weighted by atomic mass is 16.3. The molecule has 0 aliphatic rings. The molecule has 4 nitrogen and oxygen atoms in total. The van der Waals surface area contributed by atoms with Gasteiger partial charge in [-0.2, -0.15) is 0 Å². The van der Waals surface area contributed by atoms with Gasteiger partial charge in [0.2, 0.25) is 0 Å².